The van der Waals surface area contributed by atoms with Crippen molar-refractivity contribution in [1.29, 1.82) is 0 Å². The molecule has 1 rings (SSSR count). The molecule has 0 bridgehead atoms. The summed E-state index contributed by atoms with van der Waals surface area (Å²) in [5, 5.41) is 0.312. The van der Waals surface area contributed by atoms with E-state index in [1.807, 2.05) is 0 Å². The van der Waals surface area contributed by atoms with Crippen molar-refractivity contribution in [2.75, 3.05) is 13.2 Å². The Morgan fingerprint density at radius 2 is 2.10 bits per heavy atom. The largest absolute Gasteiger partial charge is 0.471 e. The average Bonchev–Trinajstić information content (AvgIpc) is 3.13. The van der Waals surface area contributed by atoms with E-state index in [2.05, 4.69) is 12.5 Å². The number of alkyl halides is 4. The number of rotatable bonds is 8. The van der Waals surface area contributed by atoms with Crippen LogP contribution in [0.4, 0.5) is 17.6 Å². The van der Waals surface area contributed by atoms with Crippen LogP contribution in [0.3, 0.4) is 0 Å². The lowest BCUT2D eigenvalue weighted by molar-refractivity contribution is -0.185. The summed E-state index contributed by atoms with van der Waals surface area (Å²) in [5.41, 5.74) is -0.290. The van der Waals surface area contributed by atoms with Gasteiger partial charge in [0.25, 0.3) is 0 Å². The second kappa shape index (κ2) is 11.0. The first-order valence-corrected chi connectivity index (χ1v) is 9.52. The molecule has 162 valence electrons. The molecule has 1 heterocycles. The predicted octanol–water partition coefficient (Wildman–Crippen LogP) is 6.05. The van der Waals surface area contributed by atoms with Gasteiger partial charge in [-0.1, -0.05) is 66.6 Å². The second-order valence-corrected chi connectivity index (χ2v) is 7.22. The van der Waals surface area contributed by atoms with Gasteiger partial charge in [0.1, 0.15) is 6.67 Å². The topological polar surface area (TPSA) is 20.3 Å². The third kappa shape index (κ3) is 6.50. The van der Waals surface area contributed by atoms with E-state index in [0.717, 1.165) is 0 Å². The molecular formula is C23H24ClF4NO. The summed E-state index contributed by atoms with van der Waals surface area (Å²) >= 11 is 6.19. The molecule has 0 aromatic carbocycles. The van der Waals surface area contributed by atoms with Gasteiger partial charge in [-0.3, -0.25) is 4.79 Å². The van der Waals surface area contributed by atoms with Gasteiger partial charge in [0.15, 0.2) is 0 Å². The Bertz CT molecular complexity index is 842. The maximum atomic E-state index is 13.2. The zero-order chi connectivity index (χ0) is 22.9. The summed E-state index contributed by atoms with van der Waals surface area (Å²) in [5.74, 6) is 0.589. The Balaban J connectivity index is 3.43. The molecule has 0 spiro atoms. The van der Waals surface area contributed by atoms with Gasteiger partial charge in [0, 0.05) is 18.0 Å². The molecule has 1 aliphatic heterocycles. The first-order chi connectivity index (χ1) is 14.0. The Morgan fingerprint density at radius 3 is 2.60 bits per heavy atom. The van der Waals surface area contributed by atoms with Crippen molar-refractivity contribution >= 4 is 17.5 Å². The number of allylic oxidation sites excluding steroid dienone is 7. The van der Waals surface area contributed by atoms with Crippen LogP contribution in [0, 0.1) is 17.8 Å². The van der Waals surface area contributed by atoms with Crippen LogP contribution in [-0.2, 0) is 4.79 Å². The second-order valence-electron chi connectivity index (χ2n) is 6.73. The summed E-state index contributed by atoms with van der Waals surface area (Å²) in [7, 11) is 0. The van der Waals surface area contributed by atoms with Crippen molar-refractivity contribution in [1.82, 2.24) is 4.90 Å². The smallest absolute Gasteiger partial charge is 0.320 e. The van der Waals surface area contributed by atoms with E-state index in [9.17, 15) is 22.4 Å². The minimum atomic E-state index is -5.04. The fourth-order valence-corrected chi connectivity index (χ4v) is 3.25. The molecular weight excluding hydrogens is 418 g/mol. The molecule has 0 aliphatic carbocycles. The van der Waals surface area contributed by atoms with E-state index >= 15 is 0 Å². The molecule has 0 radical (unpaired) electrons. The van der Waals surface area contributed by atoms with Crippen LogP contribution in [0.25, 0.3) is 0 Å². The summed E-state index contributed by atoms with van der Waals surface area (Å²) in [6, 6.07) is -0.978. The van der Waals surface area contributed by atoms with Crippen LogP contribution in [0.15, 0.2) is 71.4 Å². The third-order valence-corrected chi connectivity index (χ3v) is 4.84. The first kappa shape index (κ1) is 25.5. The van der Waals surface area contributed by atoms with Crippen molar-refractivity contribution in [3.63, 3.8) is 0 Å². The zero-order valence-corrected chi connectivity index (χ0v) is 17.6. The van der Waals surface area contributed by atoms with Gasteiger partial charge in [-0.05, 0) is 31.1 Å². The van der Waals surface area contributed by atoms with Crippen molar-refractivity contribution in [3.05, 3.63) is 71.4 Å². The van der Waals surface area contributed by atoms with Crippen LogP contribution in [-0.4, -0.2) is 36.2 Å². The van der Waals surface area contributed by atoms with Crippen LogP contribution >= 0.6 is 11.6 Å². The monoisotopic (exact) mass is 441 g/mol. The fraction of sp³-hybridized carbons (Fsp3) is 0.348. The Morgan fingerprint density at radius 1 is 1.43 bits per heavy atom. The van der Waals surface area contributed by atoms with Crippen molar-refractivity contribution < 1.29 is 22.4 Å². The van der Waals surface area contributed by atoms with Gasteiger partial charge in [0.2, 0.25) is 0 Å². The maximum Gasteiger partial charge on any atom is 0.471 e. The molecule has 2 atom stereocenters. The molecule has 1 amide bonds. The molecule has 0 saturated carbocycles. The number of carbonyl (C=O) groups excluding carboxylic acids is 1. The molecule has 0 aromatic rings. The standard InChI is InChI=1S/C23H24ClF4NO/c1-5-8-11-17(6-2)20-14-18(16-29(20)21(30)23(26,27)28)22(4,7-3)15-19(24)12-9-10-13-25/h3,5-6,8-11,14-15,20H,2,12-13,16H2,1,4H3/b8-5-,10-9-,17-11+,19-15+. The highest BCUT2D eigenvalue weighted by molar-refractivity contribution is 6.29. The molecule has 0 N–H and O–H groups in total. The Kier molecular flexibility index (Phi) is 9.38. The Hall–Kier alpha value is -2.52. The number of hydrogen-bond donors (Lipinski definition) is 0. The number of halogens is 5. The third-order valence-electron chi connectivity index (χ3n) is 4.58. The van der Waals surface area contributed by atoms with E-state index in [1.165, 1.54) is 24.3 Å². The Labute approximate surface area is 180 Å². The van der Waals surface area contributed by atoms with Gasteiger partial charge in [-0.15, -0.1) is 6.42 Å². The van der Waals surface area contributed by atoms with Crippen molar-refractivity contribution in [2.45, 2.75) is 32.5 Å². The summed E-state index contributed by atoms with van der Waals surface area (Å²) in [6.07, 6.45) is 13.1. The highest BCUT2D eigenvalue weighted by Gasteiger charge is 2.48. The van der Waals surface area contributed by atoms with Gasteiger partial charge in [-0.25, -0.2) is 4.39 Å². The normalized spacial score (nSPS) is 20.4. The quantitative estimate of drug-likeness (QED) is 0.194. The molecule has 2 unspecified atom stereocenters. The van der Waals surface area contributed by atoms with E-state index in [4.69, 9.17) is 18.0 Å². The van der Waals surface area contributed by atoms with Crippen LogP contribution in [0.1, 0.15) is 20.3 Å². The average molecular weight is 442 g/mol. The highest BCUT2D eigenvalue weighted by Crippen LogP contribution is 2.38. The van der Waals surface area contributed by atoms with Gasteiger partial charge in [0.05, 0.1) is 11.5 Å². The molecule has 30 heavy (non-hydrogen) atoms. The van der Waals surface area contributed by atoms with Gasteiger partial charge >= 0.3 is 12.1 Å². The zero-order valence-electron chi connectivity index (χ0n) is 16.8. The van der Waals surface area contributed by atoms with E-state index in [1.54, 1.807) is 38.2 Å². The highest BCUT2D eigenvalue weighted by atomic mass is 35.5. The number of hydrogen-bond acceptors (Lipinski definition) is 1. The molecule has 2 nitrogen and oxygen atoms in total. The lowest BCUT2D eigenvalue weighted by Gasteiger charge is -2.28. The molecule has 7 heteroatoms. The number of amides is 1. The van der Waals surface area contributed by atoms with Gasteiger partial charge < -0.3 is 4.90 Å². The van der Waals surface area contributed by atoms with E-state index in [0.29, 0.717) is 21.1 Å². The van der Waals surface area contributed by atoms with Crippen LogP contribution < -0.4 is 0 Å². The summed E-state index contributed by atoms with van der Waals surface area (Å²) in [6.45, 7) is 6.08. The lowest BCUT2D eigenvalue weighted by Crippen LogP contribution is -2.45. The maximum absolute atomic E-state index is 13.2. The first-order valence-electron chi connectivity index (χ1n) is 9.14. The minimum absolute atomic E-state index is 0.226. The summed E-state index contributed by atoms with van der Waals surface area (Å²) in [4.78, 5) is 12.8. The predicted molar refractivity (Wildman–Crippen MR) is 113 cm³/mol. The van der Waals surface area contributed by atoms with E-state index < -0.39 is 30.2 Å². The SMILES string of the molecule is C#CC(C)(/C=C(/Cl)C/C=C\CF)C1=CC(/C(C=C)=C/C=C\C)N(C(=O)C(F)(F)F)C1. The van der Waals surface area contributed by atoms with Gasteiger partial charge in [-0.2, -0.15) is 13.2 Å². The number of carbonyl (C=O) groups is 1. The van der Waals surface area contributed by atoms with Crippen molar-refractivity contribution in [2.24, 2.45) is 5.41 Å². The lowest BCUT2D eigenvalue weighted by atomic mass is 9.82. The number of nitrogens with zero attached hydrogens (tertiary/aromatic N) is 1. The number of terminal acetylenes is 1. The molecule has 0 saturated heterocycles. The minimum Gasteiger partial charge on any atom is -0.320 e. The molecule has 0 fully saturated rings. The van der Waals surface area contributed by atoms with Crippen LogP contribution in [0.5, 0.6) is 0 Å². The molecule has 0 aromatic heterocycles. The van der Waals surface area contributed by atoms with E-state index in [-0.39, 0.29) is 13.0 Å². The molecule has 1 aliphatic rings. The summed E-state index contributed by atoms with van der Waals surface area (Å²) < 4.78 is 51.8. The fourth-order valence-electron chi connectivity index (χ4n) is 2.94. The van der Waals surface area contributed by atoms with Crippen LogP contribution in [0.2, 0.25) is 0 Å². The van der Waals surface area contributed by atoms with Crippen molar-refractivity contribution in [3.8, 4) is 12.3 Å².